The van der Waals surface area contributed by atoms with E-state index in [-0.39, 0.29) is 18.9 Å². The maximum atomic E-state index is 12.3. The summed E-state index contributed by atoms with van der Waals surface area (Å²) in [5, 5.41) is 8.93. The highest BCUT2D eigenvalue weighted by atomic mass is 32.2. The van der Waals surface area contributed by atoms with Crippen LogP contribution in [0.5, 0.6) is 0 Å². The van der Waals surface area contributed by atoms with E-state index in [4.69, 9.17) is 5.26 Å². The number of sulfone groups is 1. The number of nitrogens with zero attached hydrogens (tertiary/aromatic N) is 5. The molecule has 0 aliphatic carbocycles. The van der Waals surface area contributed by atoms with E-state index in [1.165, 1.54) is 12.6 Å². The summed E-state index contributed by atoms with van der Waals surface area (Å²) in [5.74, 6) is 0.316. The van der Waals surface area contributed by atoms with Crippen LogP contribution in [0.25, 0.3) is 11.0 Å². The number of likely N-dealkylation sites (N-methyl/N-ethyl adjacent to an activating group) is 1. The van der Waals surface area contributed by atoms with Crippen LogP contribution in [0.3, 0.4) is 0 Å². The zero-order chi connectivity index (χ0) is 18.9. The molecule has 138 valence electrons. The molecular formula is C16H20N6O3S. The molecule has 2 aromatic heterocycles. The van der Waals surface area contributed by atoms with Gasteiger partial charge < -0.3 is 14.8 Å². The molecule has 0 saturated carbocycles. The standard InChI is InChI=1S/C16H20N6O3S/c1-21(16-11-4-7-18-15(11)19-10-20-16)12-9-22(14(23)3-6-17)8-5-13(12)26(2,24)25/h4,7,10,12-13H,3,5,8-9H2,1-2H3,(H,18,19,20)/t12-,13-/m1/s1. The molecule has 3 rings (SSSR count). The highest BCUT2D eigenvalue weighted by molar-refractivity contribution is 7.91. The van der Waals surface area contributed by atoms with Crippen molar-refractivity contribution in [1.82, 2.24) is 19.9 Å². The molecule has 0 radical (unpaired) electrons. The Labute approximate surface area is 151 Å². The number of anilines is 1. The lowest BCUT2D eigenvalue weighted by Crippen LogP contribution is -2.58. The minimum absolute atomic E-state index is 0.213. The molecule has 2 atom stereocenters. The molecule has 1 saturated heterocycles. The third-order valence-corrected chi connectivity index (χ3v) is 6.47. The molecule has 9 nitrogen and oxygen atoms in total. The topological polar surface area (TPSA) is 123 Å². The van der Waals surface area contributed by atoms with Crippen molar-refractivity contribution >= 4 is 32.6 Å². The van der Waals surface area contributed by atoms with Crippen LogP contribution < -0.4 is 4.90 Å². The maximum absolute atomic E-state index is 12.3. The Morgan fingerprint density at radius 1 is 1.50 bits per heavy atom. The lowest BCUT2D eigenvalue weighted by Gasteiger charge is -2.42. The predicted octanol–water partition coefficient (Wildman–Crippen LogP) is 0.322. The minimum atomic E-state index is -3.33. The van der Waals surface area contributed by atoms with Crippen LogP contribution in [0.15, 0.2) is 18.6 Å². The van der Waals surface area contributed by atoms with Crippen LogP contribution in [-0.4, -0.2) is 71.9 Å². The number of hydrogen-bond acceptors (Lipinski definition) is 7. The van der Waals surface area contributed by atoms with Crippen LogP contribution in [0.2, 0.25) is 0 Å². The first-order valence-corrected chi connectivity index (χ1v) is 10.1. The van der Waals surface area contributed by atoms with Gasteiger partial charge in [-0.3, -0.25) is 4.79 Å². The Kier molecular flexibility index (Phi) is 4.82. The number of hydrogen-bond donors (Lipinski definition) is 1. The summed E-state index contributed by atoms with van der Waals surface area (Å²) in [6, 6.07) is 3.22. The van der Waals surface area contributed by atoms with Gasteiger partial charge in [0, 0.05) is 32.6 Å². The second-order valence-corrected chi connectivity index (χ2v) is 8.71. The minimum Gasteiger partial charge on any atom is -0.353 e. The first-order chi connectivity index (χ1) is 12.3. The average molecular weight is 376 g/mol. The summed E-state index contributed by atoms with van der Waals surface area (Å²) in [6.07, 6.45) is 4.49. The molecule has 10 heteroatoms. The molecule has 0 aromatic carbocycles. The van der Waals surface area contributed by atoms with Gasteiger partial charge in [0.1, 0.15) is 24.2 Å². The van der Waals surface area contributed by atoms with E-state index in [0.29, 0.717) is 24.4 Å². The Bertz CT molecular complexity index is 964. The van der Waals surface area contributed by atoms with Gasteiger partial charge >= 0.3 is 0 Å². The molecule has 0 spiro atoms. The van der Waals surface area contributed by atoms with E-state index < -0.39 is 21.1 Å². The Balaban J connectivity index is 1.97. The van der Waals surface area contributed by atoms with E-state index in [9.17, 15) is 13.2 Å². The monoisotopic (exact) mass is 376 g/mol. The summed E-state index contributed by atoms with van der Waals surface area (Å²) in [6.45, 7) is 0.552. The largest absolute Gasteiger partial charge is 0.353 e. The summed E-state index contributed by atoms with van der Waals surface area (Å²) >= 11 is 0. The van der Waals surface area contributed by atoms with Crippen LogP contribution in [-0.2, 0) is 14.6 Å². The van der Waals surface area contributed by atoms with Crippen LogP contribution in [0.1, 0.15) is 12.8 Å². The van der Waals surface area contributed by atoms with Gasteiger partial charge in [0.05, 0.1) is 22.7 Å². The highest BCUT2D eigenvalue weighted by Crippen LogP contribution is 2.28. The number of carbonyl (C=O) groups is 1. The molecule has 3 heterocycles. The van der Waals surface area contributed by atoms with Crippen LogP contribution in [0.4, 0.5) is 5.82 Å². The zero-order valence-electron chi connectivity index (χ0n) is 14.6. The normalized spacial score (nSPS) is 20.7. The number of rotatable bonds is 4. The lowest BCUT2D eigenvalue weighted by molar-refractivity contribution is -0.131. The molecule has 1 aliphatic heterocycles. The fourth-order valence-corrected chi connectivity index (χ4v) is 4.86. The molecule has 1 N–H and O–H groups in total. The number of piperidine rings is 1. The lowest BCUT2D eigenvalue weighted by atomic mass is 10.0. The van der Waals surface area contributed by atoms with Gasteiger partial charge in [-0.1, -0.05) is 0 Å². The number of fused-ring (bicyclic) bond motifs is 1. The number of H-pyrrole nitrogens is 1. The number of amides is 1. The summed E-state index contributed by atoms with van der Waals surface area (Å²) in [4.78, 5) is 27.0. The molecule has 1 fully saturated rings. The summed E-state index contributed by atoms with van der Waals surface area (Å²) < 4.78 is 24.7. The van der Waals surface area contributed by atoms with Crippen LogP contribution >= 0.6 is 0 Å². The van der Waals surface area contributed by atoms with E-state index >= 15 is 0 Å². The summed E-state index contributed by atoms with van der Waals surface area (Å²) in [7, 11) is -1.55. The number of aromatic nitrogens is 3. The van der Waals surface area contributed by atoms with Gasteiger partial charge in [0.15, 0.2) is 9.84 Å². The number of aromatic amines is 1. The van der Waals surface area contributed by atoms with Crippen molar-refractivity contribution < 1.29 is 13.2 Å². The highest BCUT2D eigenvalue weighted by Gasteiger charge is 2.40. The fourth-order valence-electron chi connectivity index (χ4n) is 3.48. The van der Waals surface area contributed by atoms with Crippen molar-refractivity contribution in [3.8, 4) is 6.07 Å². The fraction of sp³-hybridized carbons (Fsp3) is 0.500. The van der Waals surface area contributed by atoms with Gasteiger partial charge in [-0.05, 0) is 12.5 Å². The van der Waals surface area contributed by atoms with Crippen molar-refractivity contribution in [1.29, 1.82) is 5.26 Å². The van der Waals surface area contributed by atoms with E-state index in [0.717, 1.165) is 5.39 Å². The third-order valence-electron chi connectivity index (χ3n) is 4.82. The van der Waals surface area contributed by atoms with E-state index in [1.807, 2.05) is 12.1 Å². The molecular weight excluding hydrogens is 356 g/mol. The van der Waals surface area contributed by atoms with Crippen molar-refractivity contribution in [2.45, 2.75) is 24.1 Å². The molecule has 2 aromatic rings. The third kappa shape index (κ3) is 3.35. The zero-order valence-corrected chi connectivity index (χ0v) is 15.4. The van der Waals surface area contributed by atoms with Gasteiger partial charge in [-0.25, -0.2) is 18.4 Å². The number of nitriles is 1. The molecule has 0 unspecified atom stereocenters. The first-order valence-electron chi connectivity index (χ1n) is 8.17. The Morgan fingerprint density at radius 3 is 2.96 bits per heavy atom. The number of likely N-dealkylation sites (tertiary alicyclic amines) is 1. The Hall–Kier alpha value is -2.67. The second-order valence-electron chi connectivity index (χ2n) is 6.45. The SMILES string of the molecule is CN(c1ncnc2[nH]ccc12)[C@@H]1CN(C(=O)CC#N)CC[C@H]1S(C)(=O)=O. The van der Waals surface area contributed by atoms with Gasteiger partial charge in [0.25, 0.3) is 0 Å². The van der Waals surface area contributed by atoms with E-state index in [2.05, 4.69) is 15.0 Å². The molecule has 26 heavy (non-hydrogen) atoms. The number of nitrogens with one attached hydrogen (secondary N) is 1. The second kappa shape index (κ2) is 6.92. The maximum Gasteiger partial charge on any atom is 0.236 e. The smallest absolute Gasteiger partial charge is 0.236 e. The average Bonchev–Trinajstić information content (AvgIpc) is 3.08. The first kappa shape index (κ1) is 18.1. The Morgan fingerprint density at radius 2 is 2.27 bits per heavy atom. The van der Waals surface area contributed by atoms with Crippen LogP contribution in [0, 0.1) is 11.3 Å². The molecule has 1 aliphatic rings. The van der Waals surface area contributed by atoms with Gasteiger partial charge in [-0.15, -0.1) is 0 Å². The van der Waals surface area contributed by atoms with Crippen molar-refractivity contribution in [2.24, 2.45) is 0 Å². The van der Waals surface area contributed by atoms with Gasteiger partial charge in [-0.2, -0.15) is 5.26 Å². The predicted molar refractivity (Wildman–Crippen MR) is 96.1 cm³/mol. The van der Waals surface area contributed by atoms with Crippen molar-refractivity contribution in [3.05, 3.63) is 18.6 Å². The molecule has 0 bridgehead atoms. The van der Waals surface area contributed by atoms with Crippen molar-refractivity contribution in [3.63, 3.8) is 0 Å². The molecule has 1 amide bonds. The van der Waals surface area contributed by atoms with Crippen molar-refractivity contribution in [2.75, 3.05) is 31.3 Å². The number of carbonyl (C=O) groups excluding carboxylic acids is 1. The quantitative estimate of drug-likeness (QED) is 0.815. The van der Waals surface area contributed by atoms with Gasteiger partial charge in [0.2, 0.25) is 5.91 Å². The van der Waals surface area contributed by atoms with E-state index in [1.54, 1.807) is 23.0 Å². The summed E-state index contributed by atoms with van der Waals surface area (Å²) in [5.41, 5.74) is 0.658.